The summed E-state index contributed by atoms with van der Waals surface area (Å²) in [5.41, 5.74) is 0.630. The molecular formula is C16H18N2O6. The first-order valence-electron chi connectivity index (χ1n) is 7.71. The fourth-order valence-corrected chi connectivity index (χ4v) is 2.76. The molecule has 0 bridgehead atoms. The summed E-state index contributed by atoms with van der Waals surface area (Å²) < 4.78 is 10.9. The molecule has 24 heavy (non-hydrogen) atoms. The Hall–Kier alpha value is -2.77. The molecule has 8 heteroatoms. The topological polar surface area (TPSA) is 105 Å². The van der Waals surface area contributed by atoms with E-state index in [0.29, 0.717) is 43.4 Å². The first-order valence-corrected chi connectivity index (χ1v) is 7.71. The van der Waals surface area contributed by atoms with Gasteiger partial charge in [-0.2, -0.15) is 0 Å². The molecule has 0 spiro atoms. The van der Waals surface area contributed by atoms with Crippen LogP contribution in [0.5, 0.6) is 11.5 Å². The molecule has 2 atom stereocenters. The Morgan fingerprint density at radius 3 is 2.71 bits per heavy atom. The number of anilines is 1. The number of rotatable bonds is 4. The van der Waals surface area contributed by atoms with Crippen LogP contribution in [0.15, 0.2) is 18.2 Å². The monoisotopic (exact) mass is 334 g/mol. The summed E-state index contributed by atoms with van der Waals surface area (Å²) in [6.45, 7) is 2.68. The summed E-state index contributed by atoms with van der Waals surface area (Å²) in [5, 5.41) is 11.2. The number of benzene rings is 1. The van der Waals surface area contributed by atoms with Crippen LogP contribution in [0.1, 0.15) is 13.3 Å². The van der Waals surface area contributed by atoms with Crippen molar-refractivity contribution in [2.45, 2.75) is 19.4 Å². The lowest BCUT2D eigenvalue weighted by atomic mass is 10.1. The van der Waals surface area contributed by atoms with Gasteiger partial charge in [-0.1, -0.05) is 0 Å². The van der Waals surface area contributed by atoms with Crippen LogP contribution in [0.4, 0.5) is 5.69 Å². The largest absolute Gasteiger partial charge is 0.486 e. The fourth-order valence-electron chi connectivity index (χ4n) is 2.76. The minimum absolute atomic E-state index is 0.339. The molecule has 2 N–H and O–H groups in total. The third kappa shape index (κ3) is 2.99. The number of carboxylic acid groups (broad SMARTS) is 1. The Morgan fingerprint density at radius 1 is 1.29 bits per heavy atom. The average molecular weight is 334 g/mol. The normalized spacial score (nSPS) is 20.6. The number of aliphatic carboxylic acids is 1. The van der Waals surface area contributed by atoms with E-state index in [-0.39, 0.29) is 5.91 Å². The highest BCUT2D eigenvalue weighted by atomic mass is 16.6. The highest BCUT2D eigenvalue weighted by molar-refractivity contribution is 6.10. The summed E-state index contributed by atoms with van der Waals surface area (Å²) in [4.78, 5) is 37.0. The van der Waals surface area contributed by atoms with Crippen molar-refractivity contribution in [3.63, 3.8) is 0 Å². The van der Waals surface area contributed by atoms with E-state index in [1.165, 1.54) is 11.8 Å². The van der Waals surface area contributed by atoms with Gasteiger partial charge in [-0.3, -0.25) is 14.4 Å². The number of carbonyl (C=O) groups is 3. The van der Waals surface area contributed by atoms with Crippen molar-refractivity contribution in [1.29, 1.82) is 0 Å². The molecule has 1 fully saturated rings. The number of carbonyl (C=O) groups excluding carboxylic acids is 2. The van der Waals surface area contributed by atoms with Gasteiger partial charge in [0, 0.05) is 18.3 Å². The smallest absolute Gasteiger partial charge is 0.325 e. The van der Waals surface area contributed by atoms with Crippen molar-refractivity contribution in [1.82, 2.24) is 5.32 Å². The SMILES string of the molecule is CC(NC(=O)C1CCN(c2ccc3c(c2)OCCO3)C1=O)C(=O)O. The molecule has 0 radical (unpaired) electrons. The second kappa shape index (κ2) is 6.38. The van der Waals surface area contributed by atoms with Gasteiger partial charge in [0.2, 0.25) is 11.8 Å². The molecule has 2 aliphatic rings. The summed E-state index contributed by atoms with van der Waals surface area (Å²) in [5.74, 6) is -1.73. The molecule has 0 aromatic heterocycles. The number of ether oxygens (including phenoxy) is 2. The van der Waals surface area contributed by atoms with Crippen molar-refractivity contribution in [3.8, 4) is 11.5 Å². The van der Waals surface area contributed by atoms with Gasteiger partial charge in [-0.25, -0.2) is 0 Å². The molecule has 1 aromatic carbocycles. The molecule has 8 nitrogen and oxygen atoms in total. The predicted octanol–water partition coefficient (Wildman–Crippen LogP) is 0.400. The number of hydrogen-bond donors (Lipinski definition) is 2. The molecule has 1 aromatic rings. The number of nitrogens with one attached hydrogen (secondary N) is 1. The molecular weight excluding hydrogens is 316 g/mol. The Morgan fingerprint density at radius 2 is 2.00 bits per heavy atom. The molecule has 2 aliphatic heterocycles. The van der Waals surface area contributed by atoms with E-state index >= 15 is 0 Å². The van der Waals surface area contributed by atoms with E-state index in [9.17, 15) is 14.4 Å². The van der Waals surface area contributed by atoms with Crippen molar-refractivity contribution < 1.29 is 29.0 Å². The van der Waals surface area contributed by atoms with Crippen LogP contribution in [0, 0.1) is 5.92 Å². The second-order valence-corrected chi connectivity index (χ2v) is 5.73. The van der Waals surface area contributed by atoms with Gasteiger partial charge >= 0.3 is 5.97 Å². The lowest BCUT2D eigenvalue weighted by Crippen LogP contribution is -2.44. The van der Waals surface area contributed by atoms with Crippen LogP contribution in [0.3, 0.4) is 0 Å². The van der Waals surface area contributed by atoms with Gasteiger partial charge in [0.15, 0.2) is 11.5 Å². The standard InChI is InChI=1S/C16H18N2O6/c1-9(16(21)22)17-14(19)11-4-5-18(15(11)20)10-2-3-12-13(8-10)24-7-6-23-12/h2-3,8-9,11H,4-7H2,1H3,(H,17,19)(H,21,22). The van der Waals surface area contributed by atoms with Crippen LogP contribution < -0.4 is 19.7 Å². The van der Waals surface area contributed by atoms with E-state index in [4.69, 9.17) is 14.6 Å². The van der Waals surface area contributed by atoms with Crippen molar-refractivity contribution >= 4 is 23.5 Å². The van der Waals surface area contributed by atoms with Gasteiger partial charge in [0.05, 0.1) is 0 Å². The number of nitrogens with zero attached hydrogens (tertiary/aromatic N) is 1. The molecule has 2 unspecified atom stereocenters. The van der Waals surface area contributed by atoms with Crippen LogP contribution >= 0.6 is 0 Å². The highest BCUT2D eigenvalue weighted by Gasteiger charge is 2.38. The Balaban J connectivity index is 1.72. The highest BCUT2D eigenvalue weighted by Crippen LogP contribution is 2.36. The van der Waals surface area contributed by atoms with Gasteiger partial charge in [0.1, 0.15) is 25.2 Å². The number of amides is 2. The number of fused-ring (bicyclic) bond motifs is 1. The maximum absolute atomic E-state index is 12.5. The zero-order valence-corrected chi connectivity index (χ0v) is 13.2. The van der Waals surface area contributed by atoms with E-state index < -0.39 is 23.8 Å². The lowest BCUT2D eigenvalue weighted by Gasteiger charge is -2.22. The van der Waals surface area contributed by atoms with E-state index in [2.05, 4.69) is 5.32 Å². The maximum Gasteiger partial charge on any atom is 0.325 e. The van der Waals surface area contributed by atoms with Crippen molar-refractivity contribution in [2.75, 3.05) is 24.7 Å². The van der Waals surface area contributed by atoms with Crippen LogP contribution in [-0.4, -0.2) is 48.7 Å². The fraction of sp³-hybridized carbons (Fsp3) is 0.438. The van der Waals surface area contributed by atoms with Crippen LogP contribution in [0.2, 0.25) is 0 Å². The van der Waals surface area contributed by atoms with E-state index in [1.54, 1.807) is 18.2 Å². The van der Waals surface area contributed by atoms with Gasteiger partial charge in [-0.15, -0.1) is 0 Å². The Kier molecular flexibility index (Phi) is 4.28. The molecule has 128 valence electrons. The zero-order valence-electron chi connectivity index (χ0n) is 13.2. The van der Waals surface area contributed by atoms with Gasteiger partial charge < -0.3 is 24.8 Å². The van der Waals surface area contributed by atoms with E-state index in [1.807, 2.05) is 0 Å². The van der Waals surface area contributed by atoms with Crippen LogP contribution in [0.25, 0.3) is 0 Å². The molecule has 0 saturated carbocycles. The first-order chi connectivity index (χ1) is 11.5. The number of carboxylic acids is 1. The van der Waals surface area contributed by atoms with E-state index in [0.717, 1.165) is 0 Å². The van der Waals surface area contributed by atoms with Crippen LogP contribution in [-0.2, 0) is 14.4 Å². The van der Waals surface area contributed by atoms with Gasteiger partial charge in [-0.05, 0) is 25.5 Å². The lowest BCUT2D eigenvalue weighted by molar-refractivity contribution is -0.143. The van der Waals surface area contributed by atoms with Crippen molar-refractivity contribution in [3.05, 3.63) is 18.2 Å². The summed E-state index contributed by atoms with van der Waals surface area (Å²) in [6, 6.07) is 4.16. The summed E-state index contributed by atoms with van der Waals surface area (Å²) in [6.07, 6.45) is 0.339. The zero-order chi connectivity index (χ0) is 17.3. The third-order valence-corrected chi connectivity index (χ3v) is 4.09. The first kappa shape index (κ1) is 16.1. The molecule has 1 saturated heterocycles. The minimum Gasteiger partial charge on any atom is -0.486 e. The minimum atomic E-state index is -1.14. The number of hydrogen-bond acceptors (Lipinski definition) is 5. The third-order valence-electron chi connectivity index (χ3n) is 4.09. The summed E-state index contributed by atoms with van der Waals surface area (Å²) >= 11 is 0. The Bertz CT molecular complexity index is 689. The van der Waals surface area contributed by atoms with Crippen molar-refractivity contribution in [2.24, 2.45) is 5.92 Å². The predicted molar refractivity (Wildman–Crippen MR) is 83.1 cm³/mol. The Labute approximate surface area is 138 Å². The summed E-state index contributed by atoms with van der Waals surface area (Å²) in [7, 11) is 0. The molecule has 3 rings (SSSR count). The molecule has 2 amide bonds. The second-order valence-electron chi connectivity index (χ2n) is 5.73. The average Bonchev–Trinajstić information content (AvgIpc) is 2.95. The van der Waals surface area contributed by atoms with Gasteiger partial charge in [0.25, 0.3) is 0 Å². The maximum atomic E-state index is 12.5. The quantitative estimate of drug-likeness (QED) is 0.772. The molecule has 0 aliphatic carbocycles. The molecule has 2 heterocycles.